The van der Waals surface area contributed by atoms with Crippen LogP contribution in [0, 0.1) is 0 Å². The zero-order chi connectivity index (χ0) is 18.5. The number of aromatic nitrogens is 1. The molecule has 0 bridgehead atoms. The minimum Gasteiger partial charge on any atom is -0.439 e. The minimum atomic E-state index is 0. The fraction of sp³-hybridized carbons (Fsp3) is 0.500. The van der Waals surface area contributed by atoms with Crippen molar-refractivity contribution in [2.45, 2.75) is 19.0 Å². The van der Waals surface area contributed by atoms with E-state index >= 15 is 0 Å². The SMILES string of the molecule is Cl.Cl.O=C(CC1CSCCN1)N1CCN(Cc2ncc(-c3ccccc3)o2)CC1. The predicted molar refractivity (Wildman–Crippen MR) is 122 cm³/mol. The van der Waals surface area contributed by atoms with Gasteiger partial charge in [0.25, 0.3) is 0 Å². The molecule has 29 heavy (non-hydrogen) atoms. The number of piperazine rings is 1. The Hall–Kier alpha value is -1.25. The molecule has 9 heteroatoms. The zero-order valence-corrected chi connectivity index (χ0v) is 18.7. The molecule has 2 fully saturated rings. The van der Waals surface area contributed by atoms with Crippen molar-refractivity contribution in [1.82, 2.24) is 20.1 Å². The molecule has 0 saturated carbocycles. The van der Waals surface area contributed by atoms with Gasteiger partial charge in [-0.2, -0.15) is 11.8 Å². The highest BCUT2D eigenvalue weighted by molar-refractivity contribution is 7.99. The first kappa shape index (κ1) is 24.0. The maximum absolute atomic E-state index is 12.5. The molecule has 1 atom stereocenters. The Kier molecular flexibility index (Phi) is 9.79. The Morgan fingerprint density at radius 2 is 1.93 bits per heavy atom. The maximum Gasteiger partial charge on any atom is 0.224 e. The van der Waals surface area contributed by atoms with Gasteiger partial charge in [-0.1, -0.05) is 30.3 Å². The number of hydrogen-bond donors (Lipinski definition) is 1. The van der Waals surface area contributed by atoms with Crippen LogP contribution in [0.3, 0.4) is 0 Å². The summed E-state index contributed by atoms with van der Waals surface area (Å²) in [6, 6.07) is 10.4. The molecule has 1 aromatic heterocycles. The van der Waals surface area contributed by atoms with Gasteiger partial charge in [-0.25, -0.2) is 4.98 Å². The fourth-order valence-electron chi connectivity index (χ4n) is 3.56. The third kappa shape index (κ3) is 6.62. The average molecular weight is 459 g/mol. The van der Waals surface area contributed by atoms with Gasteiger partial charge < -0.3 is 14.6 Å². The second-order valence-electron chi connectivity index (χ2n) is 7.07. The number of amides is 1. The summed E-state index contributed by atoms with van der Waals surface area (Å²) in [4.78, 5) is 21.2. The molecule has 2 aliphatic heterocycles. The number of nitrogens with one attached hydrogen (secondary N) is 1. The van der Waals surface area contributed by atoms with Crippen LogP contribution in [0.2, 0.25) is 0 Å². The summed E-state index contributed by atoms with van der Waals surface area (Å²) < 4.78 is 5.90. The summed E-state index contributed by atoms with van der Waals surface area (Å²) in [6.45, 7) is 4.99. The summed E-state index contributed by atoms with van der Waals surface area (Å²) in [5, 5.41) is 3.45. The van der Waals surface area contributed by atoms with E-state index in [2.05, 4.69) is 15.2 Å². The lowest BCUT2D eigenvalue weighted by atomic mass is 10.2. The Labute approximate surface area is 188 Å². The molecule has 0 aliphatic carbocycles. The van der Waals surface area contributed by atoms with Gasteiger partial charge in [0, 0.05) is 62.3 Å². The number of benzene rings is 1. The molecule has 1 amide bonds. The lowest BCUT2D eigenvalue weighted by Crippen LogP contribution is -2.50. The normalized spacial score (nSPS) is 19.9. The van der Waals surface area contributed by atoms with Crippen LogP contribution in [0.4, 0.5) is 0 Å². The monoisotopic (exact) mass is 458 g/mol. The first-order valence-corrected chi connectivity index (χ1v) is 10.7. The van der Waals surface area contributed by atoms with Crippen LogP contribution in [-0.2, 0) is 11.3 Å². The number of hydrogen-bond acceptors (Lipinski definition) is 6. The van der Waals surface area contributed by atoms with E-state index in [4.69, 9.17) is 4.42 Å². The van der Waals surface area contributed by atoms with E-state index in [0.29, 0.717) is 19.0 Å². The van der Waals surface area contributed by atoms with Gasteiger partial charge in [-0.15, -0.1) is 24.8 Å². The van der Waals surface area contributed by atoms with Crippen molar-refractivity contribution in [3.05, 3.63) is 42.4 Å². The summed E-state index contributed by atoms with van der Waals surface area (Å²) in [7, 11) is 0. The highest BCUT2D eigenvalue weighted by Crippen LogP contribution is 2.21. The molecule has 2 aliphatic rings. The van der Waals surface area contributed by atoms with E-state index in [1.807, 2.05) is 47.0 Å². The Bertz CT molecular complexity index is 748. The number of halogens is 2. The largest absolute Gasteiger partial charge is 0.439 e. The second kappa shape index (κ2) is 11.8. The van der Waals surface area contributed by atoms with Gasteiger partial charge in [-0.3, -0.25) is 9.69 Å². The molecule has 3 heterocycles. The van der Waals surface area contributed by atoms with Gasteiger partial charge >= 0.3 is 0 Å². The highest BCUT2D eigenvalue weighted by Gasteiger charge is 2.25. The van der Waals surface area contributed by atoms with Crippen LogP contribution in [0.15, 0.2) is 40.9 Å². The summed E-state index contributed by atoms with van der Waals surface area (Å²) in [5.41, 5.74) is 1.04. The summed E-state index contributed by atoms with van der Waals surface area (Å²) in [6.07, 6.45) is 2.41. The van der Waals surface area contributed by atoms with Crippen molar-refractivity contribution >= 4 is 42.5 Å². The molecular weight excluding hydrogens is 431 g/mol. The lowest BCUT2D eigenvalue weighted by molar-refractivity contribution is -0.133. The smallest absolute Gasteiger partial charge is 0.224 e. The van der Waals surface area contributed by atoms with Gasteiger partial charge in [0.05, 0.1) is 12.7 Å². The molecular formula is C20H28Cl2N4O2S. The number of thioether (sulfide) groups is 1. The van der Waals surface area contributed by atoms with Crippen LogP contribution in [0.1, 0.15) is 12.3 Å². The van der Waals surface area contributed by atoms with E-state index in [1.54, 1.807) is 6.20 Å². The van der Waals surface area contributed by atoms with Crippen molar-refractivity contribution < 1.29 is 9.21 Å². The highest BCUT2D eigenvalue weighted by atomic mass is 35.5. The van der Waals surface area contributed by atoms with Crippen LogP contribution >= 0.6 is 36.6 Å². The molecule has 0 spiro atoms. The molecule has 1 unspecified atom stereocenters. The van der Waals surface area contributed by atoms with Crippen LogP contribution < -0.4 is 5.32 Å². The van der Waals surface area contributed by atoms with Crippen LogP contribution in [0.25, 0.3) is 11.3 Å². The lowest BCUT2D eigenvalue weighted by Gasteiger charge is -2.35. The molecule has 160 valence electrons. The first-order chi connectivity index (χ1) is 13.3. The van der Waals surface area contributed by atoms with Gasteiger partial charge in [-0.05, 0) is 0 Å². The molecule has 6 nitrogen and oxygen atoms in total. The van der Waals surface area contributed by atoms with E-state index < -0.39 is 0 Å². The zero-order valence-electron chi connectivity index (χ0n) is 16.3. The van der Waals surface area contributed by atoms with Crippen molar-refractivity contribution in [3.63, 3.8) is 0 Å². The van der Waals surface area contributed by atoms with E-state index in [1.165, 1.54) is 0 Å². The summed E-state index contributed by atoms with van der Waals surface area (Å²) >= 11 is 1.93. The Morgan fingerprint density at radius 3 is 2.62 bits per heavy atom. The predicted octanol–water partition coefficient (Wildman–Crippen LogP) is 2.92. The molecule has 2 aromatic rings. The molecule has 1 N–H and O–H groups in total. The van der Waals surface area contributed by atoms with E-state index in [-0.39, 0.29) is 30.7 Å². The quantitative estimate of drug-likeness (QED) is 0.742. The van der Waals surface area contributed by atoms with Gasteiger partial charge in [0.15, 0.2) is 5.76 Å². The van der Waals surface area contributed by atoms with Crippen LogP contribution in [-0.4, -0.2) is 71.0 Å². The van der Waals surface area contributed by atoms with E-state index in [0.717, 1.165) is 61.4 Å². The Balaban J connectivity index is 0.00000150. The van der Waals surface area contributed by atoms with Crippen molar-refractivity contribution in [1.29, 1.82) is 0 Å². The molecule has 0 radical (unpaired) electrons. The number of rotatable bonds is 5. The van der Waals surface area contributed by atoms with Gasteiger partial charge in [0.2, 0.25) is 11.8 Å². The number of oxazole rings is 1. The Morgan fingerprint density at radius 1 is 1.17 bits per heavy atom. The third-order valence-corrected chi connectivity index (χ3v) is 6.25. The standard InChI is InChI=1S/C20H26N4O2S.2ClH/c25-20(12-17-15-27-11-6-21-17)24-9-7-23(8-10-24)14-19-22-13-18(26-19)16-4-2-1-3-5-16;;/h1-5,13,17,21H,6-12,14-15H2;2*1H. The molecule has 4 rings (SSSR count). The number of carbonyl (C=O) groups is 1. The number of nitrogens with zero attached hydrogens (tertiary/aromatic N) is 3. The second-order valence-corrected chi connectivity index (χ2v) is 8.22. The van der Waals surface area contributed by atoms with Crippen LogP contribution in [0.5, 0.6) is 0 Å². The fourth-order valence-corrected chi connectivity index (χ4v) is 4.51. The number of carbonyl (C=O) groups excluding carboxylic acids is 1. The maximum atomic E-state index is 12.5. The van der Waals surface area contributed by atoms with Gasteiger partial charge in [0.1, 0.15) is 0 Å². The summed E-state index contributed by atoms with van der Waals surface area (Å²) in [5.74, 6) is 4.00. The average Bonchev–Trinajstić information content (AvgIpc) is 3.18. The molecule has 2 saturated heterocycles. The van der Waals surface area contributed by atoms with Crippen molar-refractivity contribution in [2.24, 2.45) is 0 Å². The van der Waals surface area contributed by atoms with E-state index in [9.17, 15) is 4.79 Å². The molecule has 1 aromatic carbocycles. The van der Waals surface area contributed by atoms with Crippen molar-refractivity contribution in [3.8, 4) is 11.3 Å². The topological polar surface area (TPSA) is 61.6 Å². The van der Waals surface area contributed by atoms with Crippen molar-refractivity contribution in [2.75, 3.05) is 44.2 Å². The first-order valence-electron chi connectivity index (χ1n) is 9.59. The minimum absolute atomic E-state index is 0. The third-order valence-electron chi connectivity index (χ3n) is 5.12.